The molecule has 0 spiro atoms. The van der Waals surface area contributed by atoms with Crippen molar-refractivity contribution >= 4 is 16.9 Å². The highest BCUT2D eigenvalue weighted by atomic mass is 19.4. The third kappa shape index (κ3) is 4.75. The number of fused-ring (bicyclic) bond motifs is 1. The fraction of sp³-hybridized carbons (Fsp3) is 0.222. The van der Waals surface area contributed by atoms with Gasteiger partial charge in [-0.05, 0) is 69.3 Å². The first-order valence-electron chi connectivity index (χ1n) is 11.2. The lowest BCUT2D eigenvalue weighted by atomic mass is 10.1. The first-order chi connectivity index (χ1) is 17.1. The standard InChI is InChI=1S/C27H22F3N3O3/c1-4-35-26(34)25-22(14-31)21-13-17(23-11-6-18(15-32-23)27(28,29)30)5-12-24(21)33(25)19-7-9-20(10-8-19)36-16(2)3/h5-13,15-16H,4H2,1-3H3. The lowest BCUT2D eigenvalue weighted by Gasteiger charge is -2.13. The van der Waals surface area contributed by atoms with E-state index in [0.717, 1.165) is 12.3 Å². The molecule has 2 heterocycles. The van der Waals surface area contributed by atoms with Gasteiger partial charge in [0.25, 0.3) is 0 Å². The number of aromatic nitrogens is 2. The van der Waals surface area contributed by atoms with Crippen LogP contribution in [0.4, 0.5) is 13.2 Å². The van der Waals surface area contributed by atoms with E-state index in [1.807, 2.05) is 13.8 Å². The molecule has 0 fully saturated rings. The highest BCUT2D eigenvalue weighted by molar-refractivity contribution is 6.03. The first kappa shape index (κ1) is 24.8. The van der Waals surface area contributed by atoms with E-state index in [4.69, 9.17) is 9.47 Å². The summed E-state index contributed by atoms with van der Waals surface area (Å²) >= 11 is 0. The number of alkyl halides is 3. The lowest BCUT2D eigenvalue weighted by molar-refractivity contribution is -0.137. The molecule has 0 bridgehead atoms. The van der Waals surface area contributed by atoms with Gasteiger partial charge < -0.3 is 14.0 Å². The van der Waals surface area contributed by atoms with Crippen LogP contribution in [0, 0.1) is 11.3 Å². The Bertz CT molecular complexity index is 1450. The molecule has 0 unspecified atom stereocenters. The highest BCUT2D eigenvalue weighted by Crippen LogP contribution is 2.34. The van der Waals surface area contributed by atoms with Crippen molar-refractivity contribution < 1.29 is 27.4 Å². The van der Waals surface area contributed by atoms with Gasteiger partial charge in [0.05, 0.1) is 35.0 Å². The minimum atomic E-state index is -4.50. The second-order valence-electron chi connectivity index (χ2n) is 8.21. The molecule has 6 nitrogen and oxygen atoms in total. The zero-order valence-corrected chi connectivity index (χ0v) is 19.8. The average molecular weight is 493 g/mol. The number of esters is 1. The van der Waals surface area contributed by atoms with Crippen molar-refractivity contribution in [1.82, 2.24) is 9.55 Å². The number of pyridine rings is 1. The lowest BCUT2D eigenvalue weighted by Crippen LogP contribution is -2.12. The van der Waals surface area contributed by atoms with Gasteiger partial charge in [-0.3, -0.25) is 4.98 Å². The maximum atomic E-state index is 12.9. The minimum absolute atomic E-state index is 0.0132. The number of nitriles is 1. The molecule has 0 saturated heterocycles. The number of benzene rings is 2. The SMILES string of the molecule is CCOC(=O)c1c(C#N)c2cc(-c3ccc(C(F)(F)F)cn3)ccc2n1-c1ccc(OC(C)C)cc1. The fourth-order valence-electron chi connectivity index (χ4n) is 3.90. The summed E-state index contributed by atoms with van der Waals surface area (Å²) in [6.07, 6.45) is -3.74. The molecule has 0 saturated carbocycles. The van der Waals surface area contributed by atoms with E-state index < -0.39 is 17.7 Å². The number of hydrogen-bond donors (Lipinski definition) is 0. The minimum Gasteiger partial charge on any atom is -0.491 e. The van der Waals surface area contributed by atoms with E-state index in [0.29, 0.717) is 33.6 Å². The van der Waals surface area contributed by atoms with Crippen LogP contribution in [0.5, 0.6) is 5.75 Å². The van der Waals surface area contributed by atoms with Gasteiger partial charge in [-0.2, -0.15) is 18.4 Å². The van der Waals surface area contributed by atoms with Crippen LogP contribution in [0.25, 0.3) is 27.8 Å². The van der Waals surface area contributed by atoms with Gasteiger partial charge >= 0.3 is 12.1 Å². The van der Waals surface area contributed by atoms with Gasteiger partial charge in [0.2, 0.25) is 0 Å². The molecular weight excluding hydrogens is 471 g/mol. The van der Waals surface area contributed by atoms with Gasteiger partial charge in [-0.1, -0.05) is 6.07 Å². The van der Waals surface area contributed by atoms with E-state index in [2.05, 4.69) is 11.1 Å². The maximum absolute atomic E-state index is 12.9. The second kappa shape index (κ2) is 9.74. The number of carbonyl (C=O) groups excluding carboxylic acids is 1. The molecular formula is C27H22F3N3O3. The number of carbonyl (C=O) groups is 1. The molecule has 184 valence electrons. The molecule has 0 N–H and O–H groups in total. The molecule has 0 radical (unpaired) electrons. The van der Waals surface area contributed by atoms with Gasteiger partial charge in [-0.15, -0.1) is 0 Å². The average Bonchev–Trinajstić information content (AvgIpc) is 3.17. The van der Waals surface area contributed by atoms with Gasteiger partial charge in [0, 0.05) is 22.8 Å². The largest absolute Gasteiger partial charge is 0.491 e. The predicted octanol–water partition coefficient (Wildman–Crippen LogP) is 6.55. The van der Waals surface area contributed by atoms with E-state index in [1.165, 1.54) is 6.07 Å². The van der Waals surface area contributed by atoms with Crippen molar-refractivity contribution in [2.75, 3.05) is 6.61 Å². The molecule has 2 aromatic carbocycles. The van der Waals surface area contributed by atoms with Crippen LogP contribution < -0.4 is 4.74 Å². The third-order valence-electron chi connectivity index (χ3n) is 5.40. The summed E-state index contributed by atoms with van der Waals surface area (Å²) in [5, 5.41) is 10.4. The smallest absolute Gasteiger partial charge is 0.417 e. The molecule has 4 aromatic rings. The van der Waals surface area contributed by atoms with Crippen LogP contribution in [0.2, 0.25) is 0 Å². The number of halogens is 3. The topological polar surface area (TPSA) is 77.1 Å². The first-order valence-corrected chi connectivity index (χ1v) is 11.2. The summed E-state index contributed by atoms with van der Waals surface area (Å²) in [5.74, 6) is -0.0129. The zero-order valence-electron chi connectivity index (χ0n) is 19.8. The molecule has 4 rings (SSSR count). The van der Waals surface area contributed by atoms with Gasteiger partial charge in [0.1, 0.15) is 11.8 Å². The Morgan fingerprint density at radius 1 is 1.11 bits per heavy atom. The second-order valence-corrected chi connectivity index (χ2v) is 8.21. The molecule has 0 aliphatic carbocycles. The van der Waals surface area contributed by atoms with E-state index >= 15 is 0 Å². The van der Waals surface area contributed by atoms with Crippen LogP contribution in [0.15, 0.2) is 60.8 Å². The molecule has 2 aromatic heterocycles. The predicted molar refractivity (Wildman–Crippen MR) is 128 cm³/mol. The third-order valence-corrected chi connectivity index (χ3v) is 5.40. The van der Waals surface area contributed by atoms with Crippen molar-refractivity contribution in [3.8, 4) is 28.8 Å². The Labute approximate surface area is 205 Å². The Balaban J connectivity index is 1.89. The Morgan fingerprint density at radius 2 is 1.83 bits per heavy atom. The van der Waals surface area contributed by atoms with Crippen LogP contribution in [-0.2, 0) is 10.9 Å². The Hall–Kier alpha value is -4.32. The Morgan fingerprint density at radius 3 is 2.39 bits per heavy atom. The van der Waals surface area contributed by atoms with E-state index in [-0.39, 0.29) is 24.0 Å². The quantitative estimate of drug-likeness (QED) is 0.285. The summed E-state index contributed by atoms with van der Waals surface area (Å²) in [7, 11) is 0. The summed E-state index contributed by atoms with van der Waals surface area (Å²) in [6.45, 7) is 5.61. The monoisotopic (exact) mass is 493 g/mol. The van der Waals surface area contributed by atoms with Crippen molar-refractivity contribution in [1.29, 1.82) is 5.26 Å². The number of nitrogens with zero attached hydrogens (tertiary/aromatic N) is 3. The summed E-state index contributed by atoms with van der Waals surface area (Å²) < 4.78 is 51.4. The van der Waals surface area contributed by atoms with Crippen molar-refractivity contribution in [3.05, 3.63) is 77.6 Å². The summed E-state index contributed by atoms with van der Waals surface area (Å²) in [6, 6.07) is 16.4. The van der Waals surface area contributed by atoms with Gasteiger partial charge in [-0.25, -0.2) is 4.79 Å². The summed E-state index contributed by atoms with van der Waals surface area (Å²) in [4.78, 5) is 16.9. The maximum Gasteiger partial charge on any atom is 0.417 e. The van der Waals surface area contributed by atoms with Crippen molar-refractivity contribution in [2.24, 2.45) is 0 Å². The van der Waals surface area contributed by atoms with Crippen LogP contribution in [0.3, 0.4) is 0 Å². The van der Waals surface area contributed by atoms with Crippen LogP contribution >= 0.6 is 0 Å². The molecule has 36 heavy (non-hydrogen) atoms. The fourth-order valence-corrected chi connectivity index (χ4v) is 3.90. The van der Waals surface area contributed by atoms with E-state index in [1.54, 1.807) is 54.0 Å². The molecule has 0 amide bonds. The number of ether oxygens (including phenoxy) is 2. The zero-order chi connectivity index (χ0) is 26.0. The van der Waals surface area contributed by atoms with Crippen molar-refractivity contribution in [3.63, 3.8) is 0 Å². The van der Waals surface area contributed by atoms with Gasteiger partial charge in [0.15, 0.2) is 5.69 Å². The molecule has 0 aliphatic heterocycles. The number of hydrogen-bond acceptors (Lipinski definition) is 5. The summed E-state index contributed by atoms with van der Waals surface area (Å²) in [5.41, 5.74) is 1.27. The normalized spacial score (nSPS) is 11.5. The molecule has 0 aliphatic rings. The number of rotatable bonds is 6. The molecule has 0 atom stereocenters. The Kier molecular flexibility index (Phi) is 6.71. The van der Waals surface area contributed by atoms with E-state index in [9.17, 15) is 23.2 Å². The van der Waals surface area contributed by atoms with Crippen LogP contribution in [-0.4, -0.2) is 28.2 Å². The van der Waals surface area contributed by atoms with Crippen LogP contribution in [0.1, 0.15) is 42.4 Å². The van der Waals surface area contributed by atoms with Crippen molar-refractivity contribution in [2.45, 2.75) is 33.1 Å². The highest BCUT2D eigenvalue weighted by Gasteiger charge is 2.31. The molecule has 9 heteroatoms.